The van der Waals surface area contributed by atoms with Crippen LogP contribution in [0.25, 0.3) is 6.08 Å². The Morgan fingerprint density at radius 2 is 1.89 bits per heavy atom. The van der Waals surface area contributed by atoms with Crippen molar-refractivity contribution >= 4 is 34.9 Å². The summed E-state index contributed by atoms with van der Waals surface area (Å²) >= 11 is 1.59. The Balaban J connectivity index is 1.60. The average molecular weight is 393 g/mol. The van der Waals surface area contributed by atoms with E-state index in [-0.39, 0.29) is 17.5 Å². The third-order valence-electron chi connectivity index (χ3n) is 3.84. The summed E-state index contributed by atoms with van der Waals surface area (Å²) in [7, 11) is 1.54. The Labute approximate surface area is 166 Å². The molecule has 0 bridgehead atoms. The quantitative estimate of drug-likeness (QED) is 0.614. The monoisotopic (exact) mass is 393 g/mol. The topological polar surface area (TPSA) is 80.3 Å². The number of aryl methyl sites for hydroxylation is 1. The van der Waals surface area contributed by atoms with Crippen LogP contribution in [0.4, 0.5) is 5.69 Å². The van der Waals surface area contributed by atoms with Gasteiger partial charge in [0.2, 0.25) is 5.91 Å². The molecule has 0 radical (unpaired) electrons. The normalized spacial score (nSPS) is 10.6. The van der Waals surface area contributed by atoms with Crippen molar-refractivity contribution in [2.24, 2.45) is 0 Å². The molecule has 28 heavy (non-hydrogen) atoms. The molecule has 3 rings (SSSR count). The Kier molecular flexibility index (Phi) is 6.18. The van der Waals surface area contributed by atoms with E-state index in [1.807, 2.05) is 18.4 Å². The molecule has 2 N–H and O–H groups in total. The van der Waals surface area contributed by atoms with Crippen LogP contribution in [0.5, 0.6) is 11.5 Å². The fraction of sp³-hybridized carbons (Fsp3) is 0.0952. The van der Waals surface area contributed by atoms with Crippen LogP contribution in [0.15, 0.2) is 60.1 Å². The van der Waals surface area contributed by atoms with Gasteiger partial charge in [-0.3, -0.25) is 14.6 Å². The number of nitrogens with one attached hydrogen (secondary N) is 2. The van der Waals surface area contributed by atoms with E-state index in [1.165, 1.54) is 12.3 Å². The number of nitrogens with zero attached hydrogens (tertiary/aromatic N) is 1. The summed E-state index contributed by atoms with van der Waals surface area (Å²) in [6, 6.07) is 12.2. The van der Waals surface area contributed by atoms with E-state index in [0.29, 0.717) is 17.2 Å². The number of rotatable bonds is 6. The second kappa shape index (κ2) is 8.96. The van der Waals surface area contributed by atoms with Gasteiger partial charge in [-0.2, -0.15) is 0 Å². The van der Waals surface area contributed by atoms with Gasteiger partial charge in [-0.1, -0.05) is 0 Å². The highest BCUT2D eigenvalue weighted by atomic mass is 32.1. The first kappa shape index (κ1) is 19.3. The molecule has 2 amide bonds. The lowest BCUT2D eigenvalue weighted by Crippen LogP contribution is -2.18. The molecule has 0 unspecified atom stereocenters. The highest BCUT2D eigenvalue weighted by molar-refractivity contribution is 7.11. The molecule has 142 valence electrons. The fourth-order valence-electron chi connectivity index (χ4n) is 2.36. The SMILES string of the molecule is CNC(=O)c1cc(Oc2ccc(NC(=O)C=Cc3sccc3C)cc2)ccn1. The number of ether oxygens (including phenoxy) is 1. The van der Waals surface area contributed by atoms with Gasteiger partial charge in [0.15, 0.2) is 0 Å². The first-order chi connectivity index (χ1) is 13.5. The number of benzene rings is 1. The zero-order valence-corrected chi connectivity index (χ0v) is 16.2. The molecule has 0 fully saturated rings. The van der Waals surface area contributed by atoms with E-state index in [9.17, 15) is 9.59 Å². The van der Waals surface area contributed by atoms with E-state index in [0.717, 1.165) is 10.4 Å². The summed E-state index contributed by atoms with van der Waals surface area (Å²) in [5.74, 6) is 0.594. The lowest BCUT2D eigenvalue weighted by molar-refractivity contribution is -0.111. The minimum absolute atomic E-state index is 0.203. The van der Waals surface area contributed by atoms with Crippen LogP contribution in [0.1, 0.15) is 20.9 Å². The van der Waals surface area contributed by atoms with Crippen molar-refractivity contribution in [2.75, 3.05) is 12.4 Å². The van der Waals surface area contributed by atoms with Crippen LogP contribution in [0.3, 0.4) is 0 Å². The van der Waals surface area contributed by atoms with Gasteiger partial charge in [-0.15, -0.1) is 11.3 Å². The van der Waals surface area contributed by atoms with Gasteiger partial charge in [0.05, 0.1) is 0 Å². The average Bonchev–Trinajstić information content (AvgIpc) is 3.12. The minimum Gasteiger partial charge on any atom is -0.457 e. The molecule has 1 aromatic carbocycles. The summed E-state index contributed by atoms with van der Waals surface area (Å²) in [5, 5.41) is 7.32. The lowest BCUT2D eigenvalue weighted by Gasteiger charge is -2.08. The summed E-state index contributed by atoms with van der Waals surface area (Å²) in [6.07, 6.45) is 4.83. The van der Waals surface area contributed by atoms with Gasteiger partial charge in [0, 0.05) is 36.0 Å². The van der Waals surface area contributed by atoms with Crippen LogP contribution in [-0.4, -0.2) is 23.8 Å². The molecule has 3 aromatic rings. The smallest absolute Gasteiger partial charge is 0.269 e. The van der Waals surface area contributed by atoms with Gasteiger partial charge in [-0.25, -0.2) is 0 Å². The van der Waals surface area contributed by atoms with E-state index in [1.54, 1.807) is 60.9 Å². The van der Waals surface area contributed by atoms with Crippen molar-refractivity contribution < 1.29 is 14.3 Å². The molecule has 0 saturated heterocycles. The Morgan fingerprint density at radius 3 is 2.57 bits per heavy atom. The number of carbonyl (C=O) groups excluding carboxylic acids is 2. The molecule has 2 aromatic heterocycles. The molecule has 7 heteroatoms. The zero-order valence-electron chi connectivity index (χ0n) is 15.4. The number of aromatic nitrogens is 1. The van der Waals surface area contributed by atoms with E-state index >= 15 is 0 Å². The number of amides is 2. The van der Waals surface area contributed by atoms with Crippen LogP contribution in [0, 0.1) is 6.92 Å². The third kappa shape index (κ3) is 5.05. The maximum Gasteiger partial charge on any atom is 0.269 e. The largest absolute Gasteiger partial charge is 0.457 e. The second-order valence-corrected chi connectivity index (χ2v) is 6.82. The summed E-state index contributed by atoms with van der Waals surface area (Å²) in [6.45, 7) is 2.01. The first-order valence-electron chi connectivity index (χ1n) is 8.54. The van der Waals surface area contributed by atoms with Crippen LogP contribution < -0.4 is 15.4 Å². The molecular weight excluding hydrogens is 374 g/mol. The number of hydrogen-bond donors (Lipinski definition) is 2. The Morgan fingerprint density at radius 1 is 1.11 bits per heavy atom. The standard InChI is InChI=1S/C21H19N3O3S/c1-14-10-12-28-19(14)7-8-20(25)24-15-3-5-16(6-4-15)27-17-9-11-23-18(13-17)21(26)22-2/h3-13H,1-2H3,(H,22,26)(H,24,25). The number of pyridine rings is 1. The summed E-state index contributed by atoms with van der Waals surface area (Å²) < 4.78 is 5.74. The van der Waals surface area contributed by atoms with E-state index in [2.05, 4.69) is 15.6 Å². The molecule has 0 aliphatic rings. The van der Waals surface area contributed by atoms with Crippen molar-refractivity contribution in [3.05, 3.63) is 76.3 Å². The van der Waals surface area contributed by atoms with Gasteiger partial charge >= 0.3 is 0 Å². The van der Waals surface area contributed by atoms with Crippen LogP contribution >= 0.6 is 11.3 Å². The molecular formula is C21H19N3O3S. The zero-order chi connectivity index (χ0) is 19.9. The van der Waals surface area contributed by atoms with Crippen LogP contribution in [0.2, 0.25) is 0 Å². The van der Waals surface area contributed by atoms with Gasteiger partial charge < -0.3 is 15.4 Å². The van der Waals surface area contributed by atoms with Gasteiger partial charge in [-0.05, 0) is 60.3 Å². The highest BCUT2D eigenvalue weighted by Crippen LogP contribution is 2.23. The van der Waals surface area contributed by atoms with Crippen LogP contribution in [-0.2, 0) is 4.79 Å². The predicted molar refractivity (Wildman–Crippen MR) is 111 cm³/mol. The van der Waals surface area contributed by atoms with E-state index in [4.69, 9.17) is 4.74 Å². The van der Waals surface area contributed by atoms with E-state index < -0.39 is 0 Å². The van der Waals surface area contributed by atoms with Crippen molar-refractivity contribution in [2.45, 2.75) is 6.92 Å². The maximum atomic E-state index is 12.1. The second-order valence-electron chi connectivity index (χ2n) is 5.87. The molecule has 6 nitrogen and oxygen atoms in total. The van der Waals surface area contributed by atoms with Crippen molar-refractivity contribution in [1.29, 1.82) is 0 Å². The lowest BCUT2D eigenvalue weighted by atomic mass is 10.2. The third-order valence-corrected chi connectivity index (χ3v) is 4.82. The van der Waals surface area contributed by atoms with Gasteiger partial charge in [0.25, 0.3) is 5.91 Å². The highest BCUT2D eigenvalue weighted by Gasteiger charge is 2.07. The predicted octanol–water partition coefficient (Wildman–Crippen LogP) is 4.26. The Hall–Kier alpha value is -3.45. The fourth-order valence-corrected chi connectivity index (χ4v) is 3.18. The molecule has 0 aliphatic heterocycles. The van der Waals surface area contributed by atoms with Crippen molar-refractivity contribution in [3.8, 4) is 11.5 Å². The van der Waals surface area contributed by atoms with Gasteiger partial charge in [0.1, 0.15) is 17.2 Å². The molecule has 2 heterocycles. The molecule has 0 atom stereocenters. The minimum atomic E-state index is -0.283. The summed E-state index contributed by atoms with van der Waals surface area (Å²) in [4.78, 5) is 28.8. The first-order valence-corrected chi connectivity index (χ1v) is 9.42. The van der Waals surface area contributed by atoms with Crippen molar-refractivity contribution in [1.82, 2.24) is 10.3 Å². The molecule has 0 spiro atoms. The summed E-state index contributed by atoms with van der Waals surface area (Å²) in [5.41, 5.74) is 2.08. The maximum absolute atomic E-state index is 12.1. The number of hydrogen-bond acceptors (Lipinski definition) is 5. The van der Waals surface area contributed by atoms with Crippen molar-refractivity contribution in [3.63, 3.8) is 0 Å². The molecule has 0 aliphatic carbocycles. The molecule has 0 saturated carbocycles. The number of anilines is 1. The number of thiophene rings is 1. The Bertz CT molecular complexity index is 1010. The number of carbonyl (C=O) groups is 2.